The number of ether oxygens (including phenoxy) is 4. The summed E-state index contributed by atoms with van der Waals surface area (Å²) in [5.74, 6) is 2.08. The maximum atomic E-state index is 15.6. The number of amides is 2. The summed E-state index contributed by atoms with van der Waals surface area (Å²) >= 11 is 0. The Balaban J connectivity index is 1.27. The van der Waals surface area contributed by atoms with Gasteiger partial charge in [0.2, 0.25) is 0 Å². The third-order valence-electron chi connectivity index (χ3n) is 11.0. The van der Waals surface area contributed by atoms with Crippen LogP contribution in [0, 0.1) is 20.2 Å². The molecule has 304 valence electrons. The molecule has 15 nitrogen and oxygen atoms in total. The van der Waals surface area contributed by atoms with Gasteiger partial charge in [0.15, 0.2) is 23.0 Å². The van der Waals surface area contributed by atoms with Gasteiger partial charge in [-0.1, -0.05) is 36.4 Å². The monoisotopic (exact) mass is 808 g/mol. The number of urea groups is 1. The Hall–Kier alpha value is -7.55. The van der Waals surface area contributed by atoms with Crippen LogP contribution in [0.15, 0.2) is 109 Å². The van der Waals surface area contributed by atoms with E-state index in [1.54, 1.807) is 74.6 Å². The van der Waals surface area contributed by atoms with Crippen molar-refractivity contribution in [2.75, 3.05) is 41.5 Å². The van der Waals surface area contributed by atoms with Gasteiger partial charge in [-0.15, -0.1) is 0 Å². The van der Waals surface area contributed by atoms with Crippen LogP contribution < -0.4 is 18.9 Å². The number of hydrogen-bond acceptors (Lipinski definition) is 11. The zero-order valence-electron chi connectivity index (χ0n) is 33.2. The highest BCUT2D eigenvalue weighted by Crippen LogP contribution is 2.45. The fraction of sp³-hybridized carbons (Fsp3) is 0.222. The molecule has 2 atom stereocenters. The van der Waals surface area contributed by atoms with Crippen molar-refractivity contribution >= 4 is 17.4 Å². The first-order valence-corrected chi connectivity index (χ1v) is 19.1. The number of fused-ring (bicyclic) bond motifs is 2. The molecule has 2 amide bonds. The molecule has 2 aromatic heterocycles. The molecular weight excluding hydrogens is 769 g/mol. The Morgan fingerprint density at radius 1 is 0.567 bits per heavy atom. The minimum atomic E-state index is -0.712. The fourth-order valence-electron chi connectivity index (χ4n) is 8.19. The zero-order valence-corrected chi connectivity index (χ0v) is 33.2. The van der Waals surface area contributed by atoms with Gasteiger partial charge in [-0.05, 0) is 83.6 Å². The van der Waals surface area contributed by atoms with Gasteiger partial charge in [0.05, 0.1) is 61.1 Å². The van der Waals surface area contributed by atoms with Crippen LogP contribution in [0.1, 0.15) is 45.7 Å². The van der Waals surface area contributed by atoms with Crippen molar-refractivity contribution in [2.45, 2.75) is 24.9 Å². The molecule has 0 saturated carbocycles. The molecule has 0 bridgehead atoms. The third-order valence-corrected chi connectivity index (χ3v) is 11.0. The number of pyridine rings is 2. The molecule has 0 unspecified atom stereocenters. The molecule has 0 saturated heterocycles. The van der Waals surface area contributed by atoms with Crippen LogP contribution in [0.2, 0.25) is 0 Å². The number of hydrogen-bond donors (Lipinski definition) is 0. The molecule has 0 fully saturated rings. The van der Waals surface area contributed by atoms with Crippen LogP contribution in [0.4, 0.5) is 16.2 Å². The van der Waals surface area contributed by atoms with Gasteiger partial charge in [0.1, 0.15) is 12.1 Å². The van der Waals surface area contributed by atoms with Gasteiger partial charge in [-0.3, -0.25) is 30.2 Å². The number of methoxy groups -OCH3 is 4. The lowest BCUT2D eigenvalue weighted by atomic mass is 9.88. The number of carbonyl (C=O) groups is 1. The van der Waals surface area contributed by atoms with Crippen molar-refractivity contribution in [1.29, 1.82) is 0 Å². The van der Waals surface area contributed by atoms with Gasteiger partial charge in [0, 0.05) is 48.5 Å². The first kappa shape index (κ1) is 39.3. The Morgan fingerprint density at radius 3 is 1.33 bits per heavy atom. The van der Waals surface area contributed by atoms with Crippen LogP contribution in [0.25, 0.3) is 22.5 Å². The van der Waals surface area contributed by atoms with Gasteiger partial charge < -0.3 is 28.7 Å². The van der Waals surface area contributed by atoms with Crippen molar-refractivity contribution in [1.82, 2.24) is 19.8 Å². The maximum absolute atomic E-state index is 15.6. The lowest BCUT2D eigenvalue weighted by Gasteiger charge is -2.44. The summed E-state index contributed by atoms with van der Waals surface area (Å²) in [7, 11) is 6.26. The summed E-state index contributed by atoms with van der Waals surface area (Å²) < 4.78 is 22.9. The number of benzene rings is 4. The highest BCUT2D eigenvalue weighted by atomic mass is 16.6. The standard InChI is InChI=1S/C45H40N6O9/c1-57-39-23-27-17-19-48(43(33(27)25-41(39)59-3)37-15-7-13-35(46-37)29-9-5-11-31(21-29)50(53)54)45(52)49-20-18-28-24-40(58-2)42(60-4)26-34(28)44(49)38-16-8-14-36(47-38)30-10-6-12-32(22-30)51(55)56/h5-16,21-26,43-44H,17-20H2,1-4H3/t43-,44-/m1/s1. The van der Waals surface area contributed by atoms with E-state index in [0.29, 0.717) is 82.8 Å². The van der Waals surface area contributed by atoms with Gasteiger partial charge in [0.25, 0.3) is 11.4 Å². The molecule has 2 aliphatic heterocycles. The Morgan fingerprint density at radius 2 is 0.950 bits per heavy atom. The Kier molecular flexibility index (Phi) is 10.7. The molecule has 0 spiro atoms. The summed E-state index contributed by atoms with van der Waals surface area (Å²) in [4.78, 5) is 51.8. The van der Waals surface area contributed by atoms with Crippen molar-refractivity contribution in [3.8, 4) is 45.5 Å². The molecule has 0 radical (unpaired) electrons. The van der Waals surface area contributed by atoms with Crippen molar-refractivity contribution < 1.29 is 33.6 Å². The van der Waals surface area contributed by atoms with E-state index in [4.69, 9.17) is 28.9 Å². The van der Waals surface area contributed by atoms with E-state index in [2.05, 4.69) is 0 Å². The van der Waals surface area contributed by atoms with Gasteiger partial charge in [-0.2, -0.15) is 0 Å². The van der Waals surface area contributed by atoms with Crippen LogP contribution in [0.3, 0.4) is 0 Å². The SMILES string of the molecule is COc1cc2c(cc1OC)[C@H](c1cccc(-c3cccc([N+](=O)[O-])c3)n1)N(C(=O)N1CCc3cc(OC)c(OC)cc3[C@@H]1c1cccc(-c3cccc([N+](=O)[O-])c3)n1)CC2. The second-order valence-corrected chi connectivity index (χ2v) is 14.3. The van der Waals surface area contributed by atoms with E-state index in [0.717, 1.165) is 22.3 Å². The average Bonchev–Trinajstić information content (AvgIpc) is 3.29. The Bertz CT molecular complexity index is 2480. The molecule has 60 heavy (non-hydrogen) atoms. The predicted molar refractivity (Wildman–Crippen MR) is 222 cm³/mol. The lowest BCUT2D eigenvalue weighted by molar-refractivity contribution is -0.385. The molecule has 4 aromatic carbocycles. The number of non-ortho nitro benzene ring substituents is 2. The highest BCUT2D eigenvalue weighted by molar-refractivity contribution is 5.78. The normalized spacial score (nSPS) is 15.7. The summed E-state index contributed by atoms with van der Waals surface area (Å²) in [6, 6.07) is 29.4. The molecule has 0 N–H and O–H groups in total. The maximum Gasteiger partial charge on any atom is 0.321 e. The molecule has 2 aliphatic rings. The van der Waals surface area contributed by atoms with Crippen molar-refractivity contribution in [3.05, 3.63) is 163 Å². The second kappa shape index (κ2) is 16.4. The van der Waals surface area contributed by atoms with E-state index in [1.165, 1.54) is 24.3 Å². The lowest BCUT2D eigenvalue weighted by Crippen LogP contribution is -2.51. The summed E-state index contributed by atoms with van der Waals surface area (Å²) in [5, 5.41) is 23.4. The topological polar surface area (TPSA) is 173 Å². The van der Waals surface area contributed by atoms with E-state index < -0.39 is 21.9 Å². The largest absolute Gasteiger partial charge is 0.493 e. The number of carbonyl (C=O) groups excluding carboxylic acids is 1. The van der Waals surface area contributed by atoms with Gasteiger partial charge in [-0.25, -0.2) is 4.79 Å². The first-order valence-electron chi connectivity index (χ1n) is 19.1. The summed E-state index contributed by atoms with van der Waals surface area (Å²) in [6.45, 7) is 0.635. The van der Waals surface area contributed by atoms with Crippen LogP contribution in [0.5, 0.6) is 23.0 Å². The smallest absolute Gasteiger partial charge is 0.321 e. The molecule has 6 aromatic rings. The molecule has 0 aliphatic carbocycles. The quantitative estimate of drug-likeness (QED) is 0.0961. The number of nitrogens with zero attached hydrogens (tertiary/aromatic N) is 6. The van der Waals surface area contributed by atoms with Crippen molar-refractivity contribution in [3.63, 3.8) is 0 Å². The van der Waals surface area contributed by atoms with Crippen LogP contribution in [-0.4, -0.2) is 77.2 Å². The van der Waals surface area contributed by atoms with E-state index in [9.17, 15) is 20.2 Å². The second-order valence-electron chi connectivity index (χ2n) is 14.3. The summed E-state index contributed by atoms with van der Waals surface area (Å²) in [5.41, 5.74) is 6.57. The Labute approximate surface area is 345 Å². The number of aromatic nitrogens is 2. The van der Waals surface area contributed by atoms with Gasteiger partial charge >= 0.3 is 6.03 Å². The number of rotatable bonds is 10. The van der Waals surface area contributed by atoms with Crippen LogP contribution >= 0.6 is 0 Å². The third kappa shape index (κ3) is 7.25. The fourth-order valence-corrected chi connectivity index (χ4v) is 8.19. The van der Waals surface area contributed by atoms with E-state index in [1.807, 2.05) is 48.5 Å². The minimum absolute atomic E-state index is 0.0646. The van der Waals surface area contributed by atoms with E-state index >= 15 is 4.79 Å². The molecule has 15 heteroatoms. The molecule has 4 heterocycles. The minimum Gasteiger partial charge on any atom is -0.493 e. The van der Waals surface area contributed by atoms with Crippen molar-refractivity contribution in [2.24, 2.45) is 0 Å². The number of nitro groups is 2. The predicted octanol–water partition coefficient (Wildman–Crippen LogP) is 8.38. The number of nitro benzene ring substituents is 2. The zero-order chi connectivity index (χ0) is 42.1. The summed E-state index contributed by atoms with van der Waals surface area (Å²) in [6.07, 6.45) is 1.01. The van der Waals surface area contributed by atoms with Crippen LogP contribution in [-0.2, 0) is 12.8 Å². The molecule has 8 rings (SSSR count). The first-order chi connectivity index (χ1) is 29.1. The van der Waals surface area contributed by atoms with E-state index in [-0.39, 0.29) is 17.4 Å². The molecular formula is C45H40N6O9. The average molecular weight is 809 g/mol. The highest BCUT2D eigenvalue weighted by Gasteiger charge is 2.41.